The molecule has 1 aliphatic rings. The van der Waals surface area contributed by atoms with E-state index >= 15 is 0 Å². The van der Waals surface area contributed by atoms with E-state index in [0.29, 0.717) is 31.9 Å². The lowest BCUT2D eigenvalue weighted by molar-refractivity contribution is -0.137. The third-order valence-corrected chi connectivity index (χ3v) is 7.97. The minimum atomic E-state index is -3.66. The van der Waals surface area contributed by atoms with E-state index in [-0.39, 0.29) is 23.5 Å². The van der Waals surface area contributed by atoms with Crippen molar-refractivity contribution in [3.05, 3.63) is 59.8 Å². The summed E-state index contributed by atoms with van der Waals surface area (Å²) in [6.45, 7) is 4.66. The van der Waals surface area contributed by atoms with Crippen LogP contribution in [0.1, 0.15) is 37.3 Å². The van der Waals surface area contributed by atoms with Crippen LogP contribution in [0, 0.1) is 11.8 Å². The van der Waals surface area contributed by atoms with Gasteiger partial charge in [0.1, 0.15) is 18.9 Å². The fourth-order valence-corrected chi connectivity index (χ4v) is 6.02. The molecule has 1 fully saturated rings. The lowest BCUT2D eigenvalue weighted by atomic mass is 9.97. The Hall–Kier alpha value is -3.32. The molecule has 1 aliphatic heterocycles. The molecule has 9 heteroatoms. The van der Waals surface area contributed by atoms with Crippen molar-refractivity contribution in [2.75, 3.05) is 26.8 Å². The molecule has 1 atom stereocenters. The summed E-state index contributed by atoms with van der Waals surface area (Å²) in [5.41, 5.74) is 2.47. The fourth-order valence-electron chi connectivity index (χ4n) is 4.52. The van der Waals surface area contributed by atoms with Crippen LogP contribution >= 0.6 is 0 Å². The predicted octanol–water partition coefficient (Wildman–Crippen LogP) is 3.69. The lowest BCUT2D eigenvalue weighted by Gasteiger charge is -2.17. The standard InChI is InChI=1S/C27H30N2O6S/c1-19(2)35-22-7-9-23(10-8-22)36(32,33)29-13-12-21(16-29)25-17-28(18-27(30)31)26-15-20(5-4-14-34-3)6-11-24(25)26/h6-11,15,17,19,21H,12-14,16,18H2,1-3H3,(H,30,31). The SMILES string of the molecule is COCC#Cc1ccc2c(C3CCN(S(=O)(=O)c4ccc(OC(C)C)cc4)C3)cn(CC(=O)O)c2c1. The van der Waals surface area contributed by atoms with Gasteiger partial charge in [-0.25, -0.2) is 8.42 Å². The van der Waals surface area contributed by atoms with Gasteiger partial charge in [0, 0.05) is 43.3 Å². The second-order valence-corrected chi connectivity index (χ2v) is 11.0. The second-order valence-electron chi connectivity index (χ2n) is 9.06. The number of carboxylic acid groups (broad SMARTS) is 1. The Kier molecular flexibility index (Phi) is 7.69. The number of methoxy groups -OCH3 is 1. The van der Waals surface area contributed by atoms with Crippen molar-refractivity contribution in [2.24, 2.45) is 0 Å². The number of aliphatic carboxylic acids is 1. The number of rotatable bonds is 8. The number of carboxylic acids is 1. The molecule has 0 bridgehead atoms. The number of carbonyl (C=O) groups is 1. The molecule has 1 saturated heterocycles. The van der Waals surface area contributed by atoms with E-state index < -0.39 is 16.0 Å². The summed E-state index contributed by atoms with van der Waals surface area (Å²) in [5.74, 6) is 5.56. The van der Waals surface area contributed by atoms with Crippen LogP contribution in [0.15, 0.2) is 53.6 Å². The van der Waals surface area contributed by atoms with Crippen LogP contribution in [0.2, 0.25) is 0 Å². The molecule has 1 N–H and O–H groups in total. The molecule has 0 aliphatic carbocycles. The largest absolute Gasteiger partial charge is 0.491 e. The van der Waals surface area contributed by atoms with Crippen LogP contribution in [0.5, 0.6) is 5.75 Å². The zero-order valence-electron chi connectivity index (χ0n) is 20.6. The van der Waals surface area contributed by atoms with Crippen LogP contribution in [0.25, 0.3) is 10.9 Å². The summed E-state index contributed by atoms with van der Waals surface area (Å²) >= 11 is 0. The number of fused-ring (bicyclic) bond motifs is 1. The van der Waals surface area contributed by atoms with Crippen molar-refractivity contribution in [3.8, 4) is 17.6 Å². The van der Waals surface area contributed by atoms with Gasteiger partial charge >= 0.3 is 5.97 Å². The van der Waals surface area contributed by atoms with Crippen LogP contribution in [-0.2, 0) is 26.1 Å². The Balaban J connectivity index is 1.60. The highest BCUT2D eigenvalue weighted by Crippen LogP contribution is 2.36. The van der Waals surface area contributed by atoms with Gasteiger partial charge in [0.15, 0.2) is 0 Å². The van der Waals surface area contributed by atoms with Crippen molar-refractivity contribution in [1.82, 2.24) is 8.87 Å². The van der Waals surface area contributed by atoms with E-state index in [9.17, 15) is 18.3 Å². The summed E-state index contributed by atoms with van der Waals surface area (Å²) in [5, 5.41) is 10.3. The highest BCUT2D eigenvalue weighted by Gasteiger charge is 2.34. The number of hydrogen-bond donors (Lipinski definition) is 1. The molecule has 0 radical (unpaired) electrons. The van der Waals surface area contributed by atoms with Gasteiger partial charge in [0.05, 0.1) is 16.5 Å². The highest BCUT2D eigenvalue weighted by molar-refractivity contribution is 7.89. The zero-order chi connectivity index (χ0) is 25.9. The maximum Gasteiger partial charge on any atom is 0.323 e. The van der Waals surface area contributed by atoms with Crippen molar-refractivity contribution in [2.45, 2.75) is 43.7 Å². The molecule has 36 heavy (non-hydrogen) atoms. The first-order valence-electron chi connectivity index (χ1n) is 11.8. The van der Waals surface area contributed by atoms with Gasteiger partial charge in [-0.05, 0) is 62.2 Å². The van der Waals surface area contributed by atoms with E-state index in [1.54, 1.807) is 35.9 Å². The van der Waals surface area contributed by atoms with Gasteiger partial charge < -0.3 is 19.1 Å². The third kappa shape index (κ3) is 5.57. The summed E-state index contributed by atoms with van der Waals surface area (Å²) in [6, 6.07) is 12.2. The first-order valence-corrected chi connectivity index (χ1v) is 13.2. The van der Waals surface area contributed by atoms with Gasteiger partial charge in [-0.3, -0.25) is 4.79 Å². The molecule has 8 nitrogen and oxygen atoms in total. The summed E-state index contributed by atoms with van der Waals surface area (Å²) in [4.78, 5) is 11.7. The molecule has 2 aromatic carbocycles. The number of nitrogens with zero attached hydrogens (tertiary/aromatic N) is 2. The van der Waals surface area contributed by atoms with E-state index in [1.165, 1.54) is 4.31 Å². The molecule has 0 spiro atoms. The van der Waals surface area contributed by atoms with Crippen molar-refractivity contribution in [1.29, 1.82) is 0 Å². The number of ether oxygens (including phenoxy) is 2. The van der Waals surface area contributed by atoms with E-state index in [0.717, 1.165) is 22.0 Å². The molecule has 0 amide bonds. The Morgan fingerprint density at radius 1 is 1.19 bits per heavy atom. The molecule has 3 aromatic rings. The average Bonchev–Trinajstić information content (AvgIpc) is 3.45. The fraction of sp³-hybridized carbons (Fsp3) is 0.370. The molecule has 2 heterocycles. The zero-order valence-corrected chi connectivity index (χ0v) is 21.4. The van der Waals surface area contributed by atoms with E-state index in [4.69, 9.17) is 9.47 Å². The first-order chi connectivity index (χ1) is 17.2. The minimum absolute atomic E-state index is 0.00327. The number of hydrogen-bond acceptors (Lipinski definition) is 5. The van der Waals surface area contributed by atoms with Gasteiger partial charge in [-0.15, -0.1) is 0 Å². The minimum Gasteiger partial charge on any atom is -0.491 e. The van der Waals surface area contributed by atoms with Gasteiger partial charge in [-0.1, -0.05) is 17.9 Å². The lowest BCUT2D eigenvalue weighted by Crippen LogP contribution is -2.28. The number of aromatic nitrogens is 1. The summed E-state index contributed by atoms with van der Waals surface area (Å²) < 4.78 is 40.4. The summed E-state index contributed by atoms with van der Waals surface area (Å²) in [6.07, 6.45) is 2.49. The molecule has 0 saturated carbocycles. The van der Waals surface area contributed by atoms with Crippen LogP contribution in [0.4, 0.5) is 0 Å². The number of sulfonamides is 1. The van der Waals surface area contributed by atoms with E-state index in [1.807, 2.05) is 38.2 Å². The Morgan fingerprint density at radius 3 is 2.61 bits per heavy atom. The first kappa shape index (κ1) is 25.8. The maximum atomic E-state index is 13.3. The van der Waals surface area contributed by atoms with Crippen molar-refractivity contribution >= 4 is 26.9 Å². The predicted molar refractivity (Wildman–Crippen MR) is 137 cm³/mol. The maximum absolute atomic E-state index is 13.3. The molecular weight excluding hydrogens is 480 g/mol. The Bertz CT molecular complexity index is 1410. The van der Waals surface area contributed by atoms with E-state index in [2.05, 4.69) is 11.8 Å². The summed E-state index contributed by atoms with van der Waals surface area (Å²) in [7, 11) is -2.09. The molecule has 190 valence electrons. The Labute approximate surface area is 211 Å². The van der Waals surface area contributed by atoms with Crippen molar-refractivity contribution in [3.63, 3.8) is 0 Å². The smallest absolute Gasteiger partial charge is 0.323 e. The van der Waals surface area contributed by atoms with Gasteiger partial charge in [0.25, 0.3) is 0 Å². The quantitative estimate of drug-likeness (QED) is 0.464. The van der Waals surface area contributed by atoms with Gasteiger partial charge in [0.2, 0.25) is 10.0 Å². The van der Waals surface area contributed by atoms with Crippen LogP contribution < -0.4 is 4.74 Å². The molecule has 4 rings (SSSR count). The topological polar surface area (TPSA) is 98.1 Å². The Morgan fingerprint density at radius 2 is 1.94 bits per heavy atom. The van der Waals surface area contributed by atoms with Crippen LogP contribution in [-0.4, -0.2) is 61.3 Å². The molecule has 1 unspecified atom stereocenters. The van der Waals surface area contributed by atoms with Gasteiger partial charge in [-0.2, -0.15) is 4.31 Å². The van der Waals surface area contributed by atoms with Crippen LogP contribution in [0.3, 0.4) is 0 Å². The number of benzene rings is 2. The van der Waals surface area contributed by atoms with Crippen molar-refractivity contribution < 1.29 is 27.8 Å². The second kappa shape index (κ2) is 10.7. The third-order valence-electron chi connectivity index (χ3n) is 6.09. The molecule has 1 aromatic heterocycles. The normalized spacial score (nSPS) is 16.3. The molecular formula is C27H30N2O6S. The monoisotopic (exact) mass is 510 g/mol. The average molecular weight is 511 g/mol. The highest BCUT2D eigenvalue weighted by atomic mass is 32.2.